The van der Waals surface area contributed by atoms with Crippen molar-refractivity contribution < 1.29 is 18.3 Å². The molecule has 8 nitrogen and oxygen atoms in total. The molecule has 11 heteroatoms. The van der Waals surface area contributed by atoms with E-state index in [1.54, 1.807) is 20.8 Å². The lowest BCUT2D eigenvalue weighted by molar-refractivity contribution is 0.102. The average molecular weight is 461 g/mol. The van der Waals surface area contributed by atoms with Crippen LogP contribution in [0.3, 0.4) is 0 Å². The van der Waals surface area contributed by atoms with Crippen LogP contribution >= 0.6 is 11.8 Å². The Morgan fingerprint density at radius 3 is 2.81 bits per heavy atom. The normalized spacial score (nSPS) is 22.6. The predicted octanol–water partition coefficient (Wildman–Crippen LogP) is 2.98. The Morgan fingerprint density at radius 2 is 2.16 bits per heavy atom. The van der Waals surface area contributed by atoms with Crippen LogP contribution in [0.15, 0.2) is 23.5 Å². The van der Waals surface area contributed by atoms with Gasteiger partial charge in [0.15, 0.2) is 11.8 Å². The van der Waals surface area contributed by atoms with Crippen molar-refractivity contribution >= 4 is 28.5 Å². The molecule has 0 aromatic carbocycles. The molecule has 0 unspecified atom stereocenters. The minimum absolute atomic E-state index is 0.0232. The Hall–Kier alpha value is -3.26. The molecule has 3 N–H and O–H groups in total. The van der Waals surface area contributed by atoms with Crippen LogP contribution in [0, 0.1) is 25.2 Å². The van der Waals surface area contributed by atoms with Crippen molar-refractivity contribution in [2.45, 2.75) is 37.5 Å². The number of terminal acetylenes is 1. The number of nitrogens with two attached hydrogens (primary N) is 1. The molecular weight excluding hydrogens is 438 g/mol. The maximum Gasteiger partial charge on any atom is 0.276 e. The minimum Gasteiger partial charge on any atom is -0.463 e. The van der Waals surface area contributed by atoms with E-state index in [1.807, 2.05) is 0 Å². The van der Waals surface area contributed by atoms with E-state index >= 15 is 0 Å². The van der Waals surface area contributed by atoms with Gasteiger partial charge in [-0.3, -0.25) is 9.79 Å². The highest BCUT2D eigenvalue weighted by atomic mass is 32.2. The quantitative estimate of drug-likeness (QED) is 0.503. The van der Waals surface area contributed by atoms with Crippen LogP contribution < -0.4 is 15.8 Å². The molecule has 168 valence electrons. The first kappa shape index (κ1) is 23.4. The minimum atomic E-state index is -1.15. The van der Waals surface area contributed by atoms with Crippen molar-refractivity contribution in [2.24, 2.45) is 10.7 Å². The van der Waals surface area contributed by atoms with Gasteiger partial charge in [0.05, 0.1) is 34.1 Å². The molecule has 1 aliphatic rings. The predicted molar refractivity (Wildman–Crippen MR) is 119 cm³/mol. The Labute approximate surface area is 188 Å². The maximum atomic E-state index is 14.7. The summed E-state index contributed by atoms with van der Waals surface area (Å²) in [6.45, 7) is 4.31. The van der Waals surface area contributed by atoms with E-state index in [9.17, 15) is 13.6 Å². The molecule has 3 rings (SSSR count). The summed E-state index contributed by atoms with van der Waals surface area (Å²) in [6.07, 6.45) is 7.79. The van der Waals surface area contributed by atoms with E-state index in [1.165, 1.54) is 18.5 Å². The zero-order chi connectivity index (χ0) is 23.5. The van der Waals surface area contributed by atoms with Gasteiger partial charge >= 0.3 is 0 Å². The molecule has 1 amide bonds. The smallest absolute Gasteiger partial charge is 0.276 e. The second kappa shape index (κ2) is 9.08. The zero-order valence-corrected chi connectivity index (χ0v) is 18.6. The number of amidine groups is 1. The average Bonchev–Trinajstić information content (AvgIpc) is 2.72. The summed E-state index contributed by atoms with van der Waals surface area (Å²) < 4.78 is 32.6. The van der Waals surface area contributed by atoms with Gasteiger partial charge < -0.3 is 15.8 Å². The van der Waals surface area contributed by atoms with Gasteiger partial charge in [-0.25, -0.2) is 19.3 Å². The van der Waals surface area contributed by atoms with Crippen LogP contribution in [0.4, 0.5) is 14.5 Å². The lowest BCUT2D eigenvalue weighted by Gasteiger charge is -2.39. The number of ether oxygens (including phenoxy) is 1. The number of nitrogens with zero attached hydrogens (tertiary/aromatic N) is 4. The van der Waals surface area contributed by atoms with Crippen molar-refractivity contribution in [1.29, 1.82) is 0 Å². The molecule has 0 saturated carbocycles. The molecule has 0 bridgehead atoms. The lowest BCUT2D eigenvalue weighted by atomic mass is 9.84. The van der Waals surface area contributed by atoms with Gasteiger partial charge in [0, 0.05) is 5.56 Å². The Kier molecular flexibility index (Phi) is 6.64. The number of halogens is 2. The zero-order valence-electron chi connectivity index (χ0n) is 17.8. The van der Waals surface area contributed by atoms with Crippen LogP contribution in [-0.4, -0.2) is 44.1 Å². The van der Waals surface area contributed by atoms with Gasteiger partial charge in [-0.05, 0) is 33.3 Å². The largest absolute Gasteiger partial charge is 0.463 e. The fourth-order valence-electron chi connectivity index (χ4n) is 3.51. The highest BCUT2D eigenvalue weighted by Crippen LogP contribution is 2.46. The summed E-state index contributed by atoms with van der Waals surface area (Å²) in [5.41, 5.74) is 5.43. The number of carbonyl (C=O) groups excluding carboxylic acids is 1. The number of carbonyl (C=O) groups is 1. The van der Waals surface area contributed by atoms with Gasteiger partial charge in [0.25, 0.3) is 5.91 Å². The van der Waals surface area contributed by atoms with Crippen LogP contribution in [0.1, 0.15) is 42.0 Å². The molecule has 2 atom stereocenters. The summed E-state index contributed by atoms with van der Waals surface area (Å²) >= 11 is 1.12. The number of aryl methyl sites for hydroxylation is 1. The summed E-state index contributed by atoms with van der Waals surface area (Å²) in [6, 6.07) is 1.42. The van der Waals surface area contributed by atoms with Crippen LogP contribution in [0.2, 0.25) is 0 Å². The lowest BCUT2D eigenvalue weighted by Crippen LogP contribution is -2.42. The van der Waals surface area contributed by atoms with E-state index in [4.69, 9.17) is 16.9 Å². The van der Waals surface area contributed by atoms with Crippen LogP contribution in [-0.2, 0) is 5.54 Å². The molecule has 0 fully saturated rings. The molecule has 1 aliphatic heterocycles. The first-order chi connectivity index (χ1) is 15.1. The number of pyridine rings is 1. The molecule has 0 saturated heterocycles. The summed E-state index contributed by atoms with van der Waals surface area (Å²) in [4.78, 5) is 29.0. The molecule has 32 heavy (non-hydrogen) atoms. The second-order valence-electron chi connectivity index (χ2n) is 7.74. The van der Waals surface area contributed by atoms with Crippen molar-refractivity contribution in [2.75, 3.05) is 18.6 Å². The van der Waals surface area contributed by atoms with Gasteiger partial charge in [-0.2, -0.15) is 4.39 Å². The first-order valence-corrected chi connectivity index (χ1v) is 10.4. The van der Waals surface area contributed by atoms with Crippen LogP contribution in [0.5, 0.6) is 5.88 Å². The van der Waals surface area contributed by atoms with Crippen molar-refractivity contribution in [3.05, 3.63) is 41.4 Å². The number of thioether (sulfide) groups is 1. The van der Waals surface area contributed by atoms with Gasteiger partial charge in [0.2, 0.25) is 11.8 Å². The van der Waals surface area contributed by atoms with Crippen molar-refractivity contribution in [3.63, 3.8) is 0 Å². The summed E-state index contributed by atoms with van der Waals surface area (Å²) in [7, 11) is 0. The molecule has 3 heterocycles. The number of hydrogen-bond acceptors (Lipinski definition) is 8. The maximum absolute atomic E-state index is 14.7. The third-order valence-corrected chi connectivity index (χ3v) is 5.88. The number of hydrogen-bond donors (Lipinski definition) is 2. The number of aromatic nitrogens is 3. The second-order valence-corrected chi connectivity index (χ2v) is 9.35. The summed E-state index contributed by atoms with van der Waals surface area (Å²) in [5.74, 6) is 1.16. The van der Waals surface area contributed by atoms with E-state index < -0.39 is 28.8 Å². The van der Waals surface area contributed by atoms with Gasteiger partial charge in [0.1, 0.15) is 12.4 Å². The van der Waals surface area contributed by atoms with E-state index in [0.29, 0.717) is 5.69 Å². The van der Waals surface area contributed by atoms with Crippen molar-refractivity contribution in [3.8, 4) is 18.2 Å². The topological polar surface area (TPSA) is 115 Å². The number of amides is 1. The molecule has 0 spiro atoms. The molecule has 2 aromatic heterocycles. The number of aliphatic imine (C=N–C) groups is 1. The SMILES string of the molecule is C#CCOc1cnc(C(=O)Nc2cnc(F)c([C@]3(C)C[C@](C)(CF)SC(N)=N3)c2)c(C)n1. The number of rotatable bonds is 6. The molecular formula is C21H22F2N6O2S. The summed E-state index contributed by atoms with van der Waals surface area (Å²) in [5, 5.41) is 2.79. The Balaban J connectivity index is 1.87. The number of alkyl halides is 1. The fourth-order valence-corrected chi connectivity index (χ4v) is 4.66. The Bertz CT molecular complexity index is 1120. The Morgan fingerprint density at radius 1 is 1.41 bits per heavy atom. The van der Waals surface area contributed by atoms with E-state index in [0.717, 1.165) is 11.8 Å². The van der Waals surface area contributed by atoms with Crippen molar-refractivity contribution in [1.82, 2.24) is 15.0 Å². The van der Waals surface area contributed by atoms with E-state index in [-0.39, 0.29) is 41.0 Å². The monoisotopic (exact) mass is 460 g/mol. The highest BCUT2D eigenvalue weighted by Gasteiger charge is 2.43. The molecule has 2 aromatic rings. The third-order valence-electron chi connectivity index (χ3n) is 4.83. The number of nitrogens with one attached hydrogen (secondary N) is 1. The molecule has 0 aliphatic carbocycles. The third kappa shape index (κ3) is 4.96. The van der Waals surface area contributed by atoms with E-state index in [2.05, 4.69) is 31.2 Å². The molecule has 0 radical (unpaired) electrons. The van der Waals surface area contributed by atoms with Gasteiger partial charge in [-0.15, -0.1) is 6.42 Å². The van der Waals surface area contributed by atoms with Gasteiger partial charge in [-0.1, -0.05) is 17.7 Å². The van der Waals surface area contributed by atoms with Crippen LogP contribution in [0.25, 0.3) is 0 Å². The first-order valence-electron chi connectivity index (χ1n) is 9.57. The number of anilines is 1. The highest BCUT2D eigenvalue weighted by molar-refractivity contribution is 8.15. The standard InChI is InChI=1S/C21H22F2N6O2S/c1-5-6-31-15-9-25-16(12(2)27-15)18(30)28-13-7-14(17(23)26-8-13)21(4)10-20(3,11-22)32-19(24)29-21/h1,7-9H,6,10-11H2,2-4H3,(H2,24,29)(H,28,30)/t20-,21+/m1/s1. The fraction of sp³-hybridized carbons (Fsp3) is 0.381.